The second-order valence-corrected chi connectivity index (χ2v) is 5.71. The van der Waals surface area contributed by atoms with E-state index in [1.807, 2.05) is 0 Å². The van der Waals surface area contributed by atoms with Crippen LogP contribution in [-0.4, -0.2) is 42.2 Å². The standard InChI is InChI=1S/C10H10F2O3.C6H4F2O.C4H7BrO2/c1-2-14-9(13)6-15-10-7(11)4-3-5-8(10)12;7-4-2-1-3-5(8)6(4)9;1-2-7-4(6)3-5/h3-5H,2,6H2,1H3;1-3,9H;2-3H2,1H3. The van der Waals surface area contributed by atoms with Gasteiger partial charge < -0.3 is 19.3 Å². The number of rotatable bonds is 6. The first-order valence-corrected chi connectivity index (χ1v) is 9.86. The summed E-state index contributed by atoms with van der Waals surface area (Å²) in [5.41, 5.74) is 0. The first-order valence-electron chi connectivity index (χ1n) is 8.74. The summed E-state index contributed by atoms with van der Waals surface area (Å²) in [5.74, 6) is -5.92. The highest BCUT2D eigenvalue weighted by Crippen LogP contribution is 2.20. The molecular formula is C20H21BrF4O6. The van der Waals surface area contributed by atoms with E-state index in [-0.39, 0.29) is 12.6 Å². The van der Waals surface area contributed by atoms with Crippen molar-refractivity contribution in [1.29, 1.82) is 0 Å². The van der Waals surface area contributed by atoms with Gasteiger partial charge in [-0.3, -0.25) is 4.79 Å². The molecule has 2 aromatic rings. The van der Waals surface area contributed by atoms with Gasteiger partial charge in [0.25, 0.3) is 0 Å². The summed E-state index contributed by atoms with van der Waals surface area (Å²) in [6.07, 6.45) is 0. The summed E-state index contributed by atoms with van der Waals surface area (Å²) >= 11 is 2.94. The van der Waals surface area contributed by atoms with Crippen molar-refractivity contribution in [2.24, 2.45) is 0 Å². The predicted octanol–water partition coefficient (Wildman–Crippen LogP) is 4.52. The zero-order valence-corrected chi connectivity index (χ0v) is 18.3. The molecular weight excluding hydrogens is 492 g/mol. The molecule has 0 saturated carbocycles. The van der Waals surface area contributed by atoms with Crippen molar-refractivity contribution < 1.29 is 46.5 Å². The molecule has 11 heteroatoms. The van der Waals surface area contributed by atoms with Gasteiger partial charge in [0.2, 0.25) is 0 Å². The summed E-state index contributed by atoms with van der Waals surface area (Å²) in [4.78, 5) is 21.0. The average molecular weight is 513 g/mol. The number of ether oxygens (including phenoxy) is 3. The second kappa shape index (κ2) is 15.9. The number of para-hydroxylation sites is 2. The Balaban J connectivity index is 0.000000479. The van der Waals surface area contributed by atoms with Crippen LogP contribution in [0.4, 0.5) is 17.6 Å². The molecule has 6 nitrogen and oxygen atoms in total. The number of aromatic hydroxyl groups is 1. The van der Waals surface area contributed by atoms with Crippen LogP contribution in [-0.2, 0) is 19.1 Å². The Bertz CT molecular complexity index is 795. The lowest BCUT2D eigenvalue weighted by Gasteiger charge is -2.07. The highest BCUT2D eigenvalue weighted by Gasteiger charge is 2.11. The molecule has 2 aromatic carbocycles. The van der Waals surface area contributed by atoms with Crippen LogP contribution in [0.25, 0.3) is 0 Å². The fourth-order valence-electron chi connectivity index (χ4n) is 1.64. The van der Waals surface area contributed by atoms with Crippen LogP contribution < -0.4 is 4.74 Å². The molecule has 0 heterocycles. The van der Waals surface area contributed by atoms with Crippen molar-refractivity contribution in [1.82, 2.24) is 0 Å². The Morgan fingerprint density at radius 1 is 0.839 bits per heavy atom. The molecule has 0 fully saturated rings. The number of carbonyl (C=O) groups excluding carboxylic acids is 2. The normalized spacial score (nSPS) is 9.39. The van der Waals surface area contributed by atoms with Gasteiger partial charge in [0.1, 0.15) is 5.33 Å². The third-order valence-corrected chi connectivity index (χ3v) is 3.37. The highest BCUT2D eigenvalue weighted by molar-refractivity contribution is 9.09. The molecule has 172 valence electrons. The smallest absolute Gasteiger partial charge is 0.344 e. The SMILES string of the molecule is CCOC(=O)CBr.CCOC(=O)COc1c(F)cccc1F.Oc1c(F)cccc1F. The molecule has 0 atom stereocenters. The molecule has 0 aliphatic heterocycles. The molecule has 0 amide bonds. The van der Waals surface area contributed by atoms with Gasteiger partial charge in [-0.05, 0) is 38.1 Å². The van der Waals surface area contributed by atoms with Crippen molar-refractivity contribution in [3.05, 3.63) is 59.7 Å². The number of alkyl halides is 1. The Kier molecular flexibility index (Phi) is 14.5. The number of hydrogen-bond acceptors (Lipinski definition) is 6. The van der Waals surface area contributed by atoms with E-state index < -0.39 is 47.3 Å². The minimum Gasteiger partial charge on any atom is -0.503 e. The fraction of sp³-hybridized carbons (Fsp3) is 0.300. The molecule has 2 rings (SSSR count). The number of halogens is 5. The van der Waals surface area contributed by atoms with Crippen LogP contribution in [0.15, 0.2) is 36.4 Å². The Hall–Kier alpha value is -2.82. The van der Waals surface area contributed by atoms with E-state index in [4.69, 9.17) is 5.11 Å². The molecule has 0 saturated heterocycles. The quantitative estimate of drug-likeness (QED) is 0.348. The van der Waals surface area contributed by atoms with Gasteiger partial charge in [0.15, 0.2) is 41.4 Å². The molecule has 0 radical (unpaired) electrons. The van der Waals surface area contributed by atoms with Gasteiger partial charge in [0.05, 0.1) is 13.2 Å². The van der Waals surface area contributed by atoms with Crippen molar-refractivity contribution in [3.8, 4) is 11.5 Å². The van der Waals surface area contributed by atoms with Crippen LogP contribution in [0.1, 0.15) is 13.8 Å². The van der Waals surface area contributed by atoms with Crippen molar-refractivity contribution in [3.63, 3.8) is 0 Å². The van der Waals surface area contributed by atoms with Gasteiger partial charge >= 0.3 is 11.9 Å². The van der Waals surface area contributed by atoms with E-state index in [0.717, 1.165) is 24.3 Å². The summed E-state index contributed by atoms with van der Waals surface area (Å²) in [7, 11) is 0. The average Bonchev–Trinajstić information content (AvgIpc) is 2.73. The van der Waals surface area contributed by atoms with Gasteiger partial charge in [0, 0.05) is 0 Å². The zero-order chi connectivity index (χ0) is 23.8. The third kappa shape index (κ3) is 11.8. The Morgan fingerprint density at radius 3 is 1.61 bits per heavy atom. The summed E-state index contributed by atoms with van der Waals surface area (Å²) in [6, 6.07) is 6.45. The number of carbonyl (C=O) groups is 2. The van der Waals surface area contributed by atoms with E-state index in [1.54, 1.807) is 13.8 Å². The molecule has 31 heavy (non-hydrogen) atoms. The van der Waals surface area contributed by atoms with Crippen molar-refractivity contribution in [2.75, 3.05) is 25.2 Å². The summed E-state index contributed by atoms with van der Waals surface area (Å²) < 4.78 is 63.8. The van der Waals surface area contributed by atoms with Gasteiger partial charge in [-0.1, -0.05) is 28.1 Å². The van der Waals surface area contributed by atoms with Gasteiger partial charge in [-0.15, -0.1) is 0 Å². The summed E-state index contributed by atoms with van der Waals surface area (Å²) in [6.45, 7) is 3.56. The monoisotopic (exact) mass is 512 g/mol. The Morgan fingerprint density at radius 2 is 1.26 bits per heavy atom. The van der Waals surface area contributed by atoms with E-state index in [9.17, 15) is 27.2 Å². The van der Waals surface area contributed by atoms with Crippen LogP contribution in [0.5, 0.6) is 11.5 Å². The topological polar surface area (TPSA) is 82.1 Å². The molecule has 0 aliphatic carbocycles. The van der Waals surface area contributed by atoms with E-state index in [2.05, 4.69) is 30.1 Å². The van der Waals surface area contributed by atoms with Crippen molar-refractivity contribution in [2.45, 2.75) is 13.8 Å². The number of hydrogen-bond donors (Lipinski definition) is 1. The first-order chi connectivity index (χ1) is 14.7. The third-order valence-electron chi connectivity index (χ3n) is 2.91. The largest absolute Gasteiger partial charge is 0.503 e. The van der Waals surface area contributed by atoms with Crippen molar-refractivity contribution >= 4 is 27.9 Å². The Labute approximate surface area is 184 Å². The minimum atomic E-state index is -0.935. The maximum absolute atomic E-state index is 13.0. The molecule has 0 bridgehead atoms. The number of phenols is 1. The number of benzene rings is 2. The van der Waals surface area contributed by atoms with Crippen LogP contribution >= 0.6 is 15.9 Å². The molecule has 0 aliphatic rings. The fourth-order valence-corrected chi connectivity index (χ4v) is 1.80. The lowest BCUT2D eigenvalue weighted by molar-refractivity contribution is -0.145. The van der Waals surface area contributed by atoms with Gasteiger partial charge in [-0.25, -0.2) is 22.4 Å². The molecule has 0 spiro atoms. The first kappa shape index (κ1) is 28.2. The van der Waals surface area contributed by atoms with E-state index in [0.29, 0.717) is 11.9 Å². The van der Waals surface area contributed by atoms with Gasteiger partial charge in [-0.2, -0.15) is 0 Å². The van der Waals surface area contributed by atoms with E-state index in [1.165, 1.54) is 12.1 Å². The molecule has 1 N–H and O–H groups in total. The maximum Gasteiger partial charge on any atom is 0.344 e. The predicted molar refractivity (Wildman–Crippen MR) is 107 cm³/mol. The van der Waals surface area contributed by atoms with E-state index >= 15 is 0 Å². The lowest BCUT2D eigenvalue weighted by Crippen LogP contribution is -2.15. The van der Waals surface area contributed by atoms with Crippen LogP contribution in [0.3, 0.4) is 0 Å². The highest BCUT2D eigenvalue weighted by atomic mass is 79.9. The number of esters is 2. The number of phenolic OH excluding ortho intramolecular Hbond substituents is 1. The van der Waals surface area contributed by atoms with Crippen LogP contribution in [0, 0.1) is 23.3 Å². The lowest BCUT2D eigenvalue weighted by atomic mass is 10.3. The molecule has 0 aromatic heterocycles. The van der Waals surface area contributed by atoms with Crippen LogP contribution in [0.2, 0.25) is 0 Å². The maximum atomic E-state index is 13.0. The summed E-state index contributed by atoms with van der Waals surface area (Å²) in [5, 5.41) is 8.75. The molecule has 0 unspecified atom stereocenters. The minimum absolute atomic E-state index is 0.196. The zero-order valence-electron chi connectivity index (χ0n) is 16.7. The second-order valence-electron chi connectivity index (χ2n) is 5.15.